The topological polar surface area (TPSA) is 35.6 Å². The van der Waals surface area contributed by atoms with Crippen LogP contribution in [0.2, 0.25) is 0 Å². The fraction of sp³-hybridized carbons (Fsp3) is 0.909. The molecular weight excluding hydrogens is 261 g/mol. The van der Waals surface area contributed by atoms with Crippen LogP contribution in [-0.4, -0.2) is 61.0 Å². The summed E-state index contributed by atoms with van der Waals surface area (Å²) < 4.78 is 0. The minimum absolute atomic E-state index is 0. The Bertz CT molecular complexity index is 213. The highest BCUT2D eigenvalue weighted by Gasteiger charge is 2.23. The van der Waals surface area contributed by atoms with Gasteiger partial charge < -0.3 is 10.2 Å². The van der Waals surface area contributed by atoms with Gasteiger partial charge >= 0.3 is 0 Å². The maximum Gasteiger partial charge on any atom is 0.237 e. The van der Waals surface area contributed by atoms with E-state index >= 15 is 0 Å². The first-order valence-electron chi connectivity index (χ1n) is 5.91. The number of carbonyl (C=O) groups is 1. The lowest BCUT2D eigenvalue weighted by atomic mass is 10.2. The average molecular weight is 286 g/mol. The van der Waals surface area contributed by atoms with Gasteiger partial charge in [-0.3, -0.25) is 9.69 Å². The zero-order valence-corrected chi connectivity index (χ0v) is 12.6. The van der Waals surface area contributed by atoms with Crippen molar-refractivity contribution in [3.63, 3.8) is 0 Å². The van der Waals surface area contributed by atoms with E-state index < -0.39 is 0 Å². The summed E-state index contributed by atoms with van der Waals surface area (Å²) >= 11 is 0. The van der Waals surface area contributed by atoms with Crippen molar-refractivity contribution in [1.82, 2.24) is 15.1 Å². The van der Waals surface area contributed by atoms with E-state index in [0.29, 0.717) is 12.6 Å². The molecule has 1 aliphatic rings. The lowest BCUT2D eigenvalue weighted by Gasteiger charge is -2.35. The standard InChI is InChI=1S/C11H23N3O.2ClH/c1-4-13(5-2)9-11(15)14-7-6-12-8-10(14)3;;/h10,12H,4-9H2,1-3H3;2*1H/t10-;;/m0../s1. The van der Waals surface area contributed by atoms with Gasteiger partial charge in [0.1, 0.15) is 0 Å². The highest BCUT2D eigenvalue weighted by molar-refractivity contribution is 5.85. The molecule has 1 N–H and O–H groups in total. The third kappa shape index (κ3) is 5.91. The number of hydrogen-bond donors (Lipinski definition) is 1. The van der Waals surface area contributed by atoms with Crippen LogP contribution in [0.5, 0.6) is 0 Å². The molecule has 6 heteroatoms. The van der Waals surface area contributed by atoms with E-state index in [0.717, 1.165) is 32.7 Å². The van der Waals surface area contributed by atoms with Crippen molar-refractivity contribution < 1.29 is 4.79 Å². The Morgan fingerprint density at radius 2 is 1.94 bits per heavy atom. The van der Waals surface area contributed by atoms with Crippen LogP contribution in [0.4, 0.5) is 0 Å². The van der Waals surface area contributed by atoms with Crippen LogP contribution in [0.3, 0.4) is 0 Å². The second-order valence-electron chi connectivity index (χ2n) is 4.10. The van der Waals surface area contributed by atoms with Gasteiger partial charge in [0.2, 0.25) is 5.91 Å². The molecule has 1 fully saturated rings. The van der Waals surface area contributed by atoms with Crippen molar-refractivity contribution in [3.05, 3.63) is 0 Å². The highest BCUT2D eigenvalue weighted by Crippen LogP contribution is 2.03. The molecule has 1 heterocycles. The van der Waals surface area contributed by atoms with Crippen molar-refractivity contribution in [2.45, 2.75) is 26.8 Å². The number of rotatable bonds is 4. The molecule has 0 bridgehead atoms. The summed E-state index contributed by atoms with van der Waals surface area (Å²) in [7, 11) is 0. The van der Waals surface area contributed by atoms with Gasteiger partial charge in [-0.1, -0.05) is 13.8 Å². The van der Waals surface area contributed by atoms with Crippen LogP contribution >= 0.6 is 24.8 Å². The van der Waals surface area contributed by atoms with Gasteiger partial charge in [-0.2, -0.15) is 0 Å². The van der Waals surface area contributed by atoms with E-state index in [1.54, 1.807) is 0 Å². The molecular formula is C11H25Cl2N3O. The molecule has 0 aromatic heterocycles. The number of likely N-dealkylation sites (N-methyl/N-ethyl adjacent to an activating group) is 1. The molecule has 0 spiro atoms. The Balaban J connectivity index is 0. The lowest BCUT2D eigenvalue weighted by Crippen LogP contribution is -2.54. The number of halogens is 2. The van der Waals surface area contributed by atoms with Crippen LogP contribution in [0.25, 0.3) is 0 Å². The SMILES string of the molecule is CCN(CC)CC(=O)N1CCNC[C@@H]1C.Cl.Cl. The Morgan fingerprint density at radius 1 is 1.35 bits per heavy atom. The molecule has 104 valence electrons. The van der Waals surface area contributed by atoms with Gasteiger partial charge in [-0.25, -0.2) is 0 Å². The number of amides is 1. The van der Waals surface area contributed by atoms with Gasteiger partial charge in [-0.15, -0.1) is 24.8 Å². The number of hydrogen-bond acceptors (Lipinski definition) is 3. The summed E-state index contributed by atoms with van der Waals surface area (Å²) in [5.41, 5.74) is 0. The lowest BCUT2D eigenvalue weighted by molar-refractivity contribution is -0.135. The van der Waals surface area contributed by atoms with Gasteiger partial charge in [0.05, 0.1) is 6.54 Å². The van der Waals surface area contributed by atoms with Crippen molar-refractivity contribution in [1.29, 1.82) is 0 Å². The van der Waals surface area contributed by atoms with E-state index in [-0.39, 0.29) is 30.7 Å². The number of nitrogens with one attached hydrogen (secondary N) is 1. The van der Waals surface area contributed by atoms with Gasteiger partial charge in [0, 0.05) is 25.7 Å². The van der Waals surface area contributed by atoms with Crippen LogP contribution < -0.4 is 5.32 Å². The summed E-state index contributed by atoms with van der Waals surface area (Å²) in [5, 5.41) is 3.29. The molecule has 0 unspecified atom stereocenters. The van der Waals surface area contributed by atoms with Crippen molar-refractivity contribution >= 4 is 30.7 Å². The Kier molecular flexibility index (Phi) is 11.3. The fourth-order valence-corrected chi connectivity index (χ4v) is 1.94. The van der Waals surface area contributed by atoms with E-state index in [9.17, 15) is 4.79 Å². The second-order valence-corrected chi connectivity index (χ2v) is 4.10. The average Bonchev–Trinajstić information content (AvgIpc) is 2.26. The molecule has 1 amide bonds. The number of piperazine rings is 1. The van der Waals surface area contributed by atoms with Crippen LogP contribution in [-0.2, 0) is 4.79 Å². The first kappa shape index (κ1) is 19.3. The fourth-order valence-electron chi connectivity index (χ4n) is 1.94. The van der Waals surface area contributed by atoms with Crippen LogP contribution in [0, 0.1) is 0 Å². The van der Waals surface area contributed by atoms with E-state index in [1.807, 2.05) is 4.90 Å². The molecule has 1 rings (SSSR count). The highest BCUT2D eigenvalue weighted by atomic mass is 35.5. The van der Waals surface area contributed by atoms with E-state index in [1.165, 1.54) is 0 Å². The predicted molar refractivity (Wildman–Crippen MR) is 76.3 cm³/mol. The number of nitrogens with zero attached hydrogens (tertiary/aromatic N) is 2. The summed E-state index contributed by atoms with van der Waals surface area (Å²) in [4.78, 5) is 16.2. The normalized spacial score (nSPS) is 19.5. The van der Waals surface area contributed by atoms with Gasteiger partial charge in [-0.05, 0) is 20.0 Å². The zero-order valence-electron chi connectivity index (χ0n) is 10.9. The minimum atomic E-state index is 0. The molecule has 17 heavy (non-hydrogen) atoms. The first-order valence-corrected chi connectivity index (χ1v) is 5.91. The summed E-state index contributed by atoms with van der Waals surface area (Å²) in [6, 6.07) is 0.335. The molecule has 0 aliphatic carbocycles. The van der Waals surface area contributed by atoms with Gasteiger partial charge in [0.25, 0.3) is 0 Å². The van der Waals surface area contributed by atoms with Crippen molar-refractivity contribution in [3.8, 4) is 0 Å². The largest absolute Gasteiger partial charge is 0.336 e. The molecule has 0 aromatic carbocycles. The smallest absolute Gasteiger partial charge is 0.237 e. The third-order valence-electron chi connectivity index (χ3n) is 3.07. The zero-order chi connectivity index (χ0) is 11.3. The molecule has 0 saturated carbocycles. The molecule has 4 nitrogen and oxygen atoms in total. The maximum atomic E-state index is 12.0. The summed E-state index contributed by atoms with van der Waals surface area (Å²) in [6.07, 6.45) is 0. The van der Waals surface area contributed by atoms with E-state index in [2.05, 4.69) is 31.0 Å². The minimum Gasteiger partial charge on any atom is -0.336 e. The van der Waals surface area contributed by atoms with Gasteiger partial charge in [0.15, 0.2) is 0 Å². The Morgan fingerprint density at radius 3 is 2.41 bits per heavy atom. The predicted octanol–water partition coefficient (Wildman–Crippen LogP) is 0.992. The van der Waals surface area contributed by atoms with Crippen LogP contribution in [0.1, 0.15) is 20.8 Å². The molecule has 1 aliphatic heterocycles. The number of carbonyl (C=O) groups excluding carboxylic acids is 1. The third-order valence-corrected chi connectivity index (χ3v) is 3.07. The van der Waals surface area contributed by atoms with Crippen molar-refractivity contribution in [2.24, 2.45) is 0 Å². The molecule has 1 saturated heterocycles. The van der Waals surface area contributed by atoms with Crippen molar-refractivity contribution in [2.75, 3.05) is 39.3 Å². The molecule has 1 atom stereocenters. The Hall–Kier alpha value is -0.0300. The van der Waals surface area contributed by atoms with Crippen LogP contribution in [0.15, 0.2) is 0 Å². The molecule has 0 radical (unpaired) electrons. The van der Waals surface area contributed by atoms with E-state index in [4.69, 9.17) is 0 Å². The second kappa shape index (κ2) is 9.95. The summed E-state index contributed by atoms with van der Waals surface area (Å²) in [6.45, 7) is 11.4. The monoisotopic (exact) mass is 285 g/mol. The Labute approximate surface area is 117 Å². The summed E-state index contributed by atoms with van der Waals surface area (Å²) in [5.74, 6) is 0.271. The molecule has 0 aromatic rings. The quantitative estimate of drug-likeness (QED) is 0.837. The first-order chi connectivity index (χ1) is 7.19. The maximum absolute atomic E-state index is 12.0.